The molecule has 0 bridgehead atoms. The first-order valence-electron chi connectivity index (χ1n) is 8.14. The van der Waals surface area contributed by atoms with Gasteiger partial charge in [0.2, 0.25) is 0 Å². The van der Waals surface area contributed by atoms with Gasteiger partial charge in [-0.05, 0) is 50.3 Å². The number of nitriles is 1. The van der Waals surface area contributed by atoms with Crippen LogP contribution < -0.4 is 4.90 Å². The van der Waals surface area contributed by atoms with Crippen LogP contribution in [0.5, 0.6) is 0 Å². The molecule has 21 heavy (non-hydrogen) atoms. The van der Waals surface area contributed by atoms with Crippen LogP contribution >= 0.6 is 0 Å². The number of pyridine rings is 1. The van der Waals surface area contributed by atoms with Crippen molar-refractivity contribution in [1.29, 1.82) is 5.26 Å². The fourth-order valence-electron chi connectivity index (χ4n) is 3.62. The molecule has 1 saturated heterocycles. The Morgan fingerprint density at radius 2 is 1.76 bits per heavy atom. The summed E-state index contributed by atoms with van der Waals surface area (Å²) in [5, 5.41) is 9.67. The largest absolute Gasteiger partial charge is 0.353 e. The Bertz CT molecular complexity index is 565. The topological polar surface area (TPSA) is 43.2 Å². The third-order valence-electron chi connectivity index (χ3n) is 4.93. The van der Waals surface area contributed by atoms with Gasteiger partial charge in [-0.2, -0.15) is 5.26 Å². The van der Waals surface area contributed by atoms with E-state index in [4.69, 9.17) is 4.98 Å². The Kier molecular flexibility index (Phi) is 4.12. The number of nitrogens with zero attached hydrogens (tertiary/aromatic N) is 4. The predicted molar refractivity (Wildman–Crippen MR) is 84.7 cm³/mol. The predicted octanol–water partition coefficient (Wildman–Crippen LogP) is 2.28. The minimum atomic E-state index is 0.847. The number of aromatic nitrogens is 1. The third-order valence-corrected chi connectivity index (χ3v) is 4.93. The van der Waals surface area contributed by atoms with Crippen molar-refractivity contribution >= 4 is 5.82 Å². The van der Waals surface area contributed by atoms with E-state index in [0.717, 1.165) is 62.6 Å². The standard InChI is InChI=1S/C17H24N4/c1-3-20-8-10-21(11-9-20)17-16(12-18)15-7-5-4-6-14(15)13(2)19-17/h3-11H2,1-2H3. The Balaban J connectivity index is 1.96. The van der Waals surface area contributed by atoms with E-state index in [1.807, 2.05) is 0 Å². The highest BCUT2D eigenvalue weighted by atomic mass is 15.3. The van der Waals surface area contributed by atoms with Crippen molar-refractivity contribution in [3.8, 4) is 6.07 Å². The van der Waals surface area contributed by atoms with Crippen molar-refractivity contribution in [3.63, 3.8) is 0 Å². The molecule has 0 amide bonds. The van der Waals surface area contributed by atoms with E-state index in [1.54, 1.807) is 0 Å². The van der Waals surface area contributed by atoms with Crippen molar-refractivity contribution in [1.82, 2.24) is 9.88 Å². The summed E-state index contributed by atoms with van der Waals surface area (Å²) in [5.41, 5.74) is 4.61. The molecule has 0 aromatic carbocycles. The normalized spacial score (nSPS) is 19.2. The molecule has 2 heterocycles. The molecule has 1 aliphatic carbocycles. The Hall–Kier alpha value is -1.60. The van der Waals surface area contributed by atoms with Gasteiger partial charge in [0.15, 0.2) is 0 Å². The van der Waals surface area contributed by atoms with Gasteiger partial charge in [-0.25, -0.2) is 4.98 Å². The highest BCUT2D eigenvalue weighted by molar-refractivity contribution is 5.61. The maximum Gasteiger partial charge on any atom is 0.147 e. The van der Waals surface area contributed by atoms with Crippen LogP contribution in [0.3, 0.4) is 0 Å². The maximum absolute atomic E-state index is 9.67. The fourth-order valence-corrected chi connectivity index (χ4v) is 3.62. The lowest BCUT2D eigenvalue weighted by atomic mass is 9.88. The van der Waals surface area contributed by atoms with Crippen molar-refractivity contribution in [2.24, 2.45) is 0 Å². The van der Waals surface area contributed by atoms with E-state index in [9.17, 15) is 5.26 Å². The lowest BCUT2D eigenvalue weighted by molar-refractivity contribution is 0.270. The van der Waals surface area contributed by atoms with Crippen molar-refractivity contribution in [2.75, 3.05) is 37.6 Å². The summed E-state index contributed by atoms with van der Waals surface area (Å²) in [6, 6.07) is 2.46. The molecule has 112 valence electrons. The molecule has 1 fully saturated rings. The van der Waals surface area contributed by atoms with Crippen LogP contribution in [0, 0.1) is 18.3 Å². The van der Waals surface area contributed by atoms with E-state index < -0.39 is 0 Å². The quantitative estimate of drug-likeness (QED) is 0.835. The molecule has 0 radical (unpaired) electrons. The fraction of sp³-hybridized carbons (Fsp3) is 0.647. The van der Waals surface area contributed by atoms with Crippen LogP contribution in [0.15, 0.2) is 0 Å². The SMILES string of the molecule is CCN1CCN(c2nc(C)c3c(c2C#N)CCCC3)CC1. The number of rotatable bonds is 2. The van der Waals surface area contributed by atoms with Gasteiger partial charge in [0.05, 0.1) is 5.56 Å². The van der Waals surface area contributed by atoms with E-state index >= 15 is 0 Å². The third kappa shape index (κ3) is 2.63. The van der Waals surface area contributed by atoms with Crippen molar-refractivity contribution in [2.45, 2.75) is 39.5 Å². The Morgan fingerprint density at radius 1 is 1.10 bits per heavy atom. The Labute approximate surface area is 127 Å². The second-order valence-electron chi connectivity index (χ2n) is 6.09. The first kappa shape index (κ1) is 14.3. The average Bonchev–Trinajstić information content (AvgIpc) is 2.55. The first-order valence-corrected chi connectivity index (χ1v) is 8.14. The second-order valence-corrected chi connectivity index (χ2v) is 6.09. The molecule has 2 aliphatic rings. The average molecular weight is 284 g/mol. The van der Waals surface area contributed by atoms with Crippen LogP contribution in [-0.4, -0.2) is 42.6 Å². The second kappa shape index (κ2) is 6.03. The van der Waals surface area contributed by atoms with Gasteiger partial charge in [-0.1, -0.05) is 6.92 Å². The van der Waals surface area contributed by atoms with Gasteiger partial charge in [0.1, 0.15) is 11.9 Å². The number of fused-ring (bicyclic) bond motifs is 1. The maximum atomic E-state index is 9.67. The molecular weight excluding hydrogens is 260 g/mol. The van der Waals surface area contributed by atoms with Gasteiger partial charge >= 0.3 is 0 Å². The highest BCUT2D eigenvalue weighted by Crippen LogP contribution is 2.32. The van der Waals surface area contributed by atoms with Crippen LogP contribution in [-0.2, 0) is 12.8 Å². The van der Waals surface area contributed by atoms with Crippen LogP contribution in [0.4, 0.5) is 5.82 Å². The summed E-state index contributed by atoms with van der Waals surface area (Å²) < 4.78 is 0. The summed E-state index contributed by atoms with van der Waals surface area (Å²) in [6.07, 6.45) is 4.57. The lowest BCUT2D eigenvalue weighted by Crippen LogP contribution is -2.46. The van der Waals surface area contributed by atoms with Gasteiger partial charge in [0.25, 0.3) is 0 Å². The highest BCUT2D eigenvalue weighted by Gasteiger charge is 2.25. The van der Waals surface area contributed by atoms with E-state index in [0.29, 0.717) is 0 Å². The van der Waals surface area contributed by atoms with Gasteiger partial charge < -0.3 is 9.80 Å². The molecule has 0 saturated carbocycles. The lowest BCUT2D eigenvalue weighted by Gasteiger charge is -2.36. The number of hydrogen-bond donors (Lipinski definition) is 0. The minimum Gasteiger partial charge on any atom is -0.353 e. The molecule has 1 aromatic rings. The molecular formula is C17H24N4. The number of hydrogen-bond acceptors (Lipinski definition) is 4. The summed E-state index contributed by atoms with van der Waals surface area (Å²) >= 11 is 0. The van der Waals surface area contributed by atoms with Crippen LogP contribution in [0.25, 0.3) is 0 Å². The molecule has 0 atom stereocenters. The molecule has 4 heteroatoms. The molecule has 0 spiro atoms. The number of anilines is 1. The molecule has 1 aliphatic heterocycles. The zero-order valence-corrected chi connectivity index (χ0v) is 13.2. The first-order chi connectivity index (χ1) is 10.2. The van der Waals surface area contributed by atoms with Gasteiger partial charge in [-0.3, -0.25) is 0 Å². The summed E-state index contributed by atoms with van der Waals surface area (Å²) in [7, 11) is 0. The van der Waals surface area contributed by atoms with E-state index in [-0.39, 0.29) is 0 Å². The van der Waals surface area contributed by atoms with Crippen LogP contribution in [0.2, 0.25) is 0 Å². The zero-order chi connectivity index (χ0) is 14.8. The zero-order valence-electron chi connectivity index (χ0n) is 13.2. The number of piperazine rings is 1. The van der Waals surface area contributed by atoms with Crippen LogP contribution in [0.1, 0.15) is 42.1 Å². The molecule has 1 aromatic heterocycles. The smallest absolute Gasteiger partial charge is 0.147 e. The van der Waals surface area contributed by atoms with Gasteiger partial charge in [-0.15, -0.1) is 0 Å². The van der Waals surface area contributed by atoms with Crippen molar-refractivity contribution in [3.05, 3.63) is 22.4 Å². The summed E-state index contributed by atoms with van der Waals surface area (Å²) in [6.45, 7) is 9.52. The number of likely N-dealkylation sites (N-methyl/N-ethyl adjacent to an activating group) is 1. The Morgan fingerprint density at radius 3 is 2.38 bits per heavy atom. The molecule has 0 unspecified atom stereocenters. The van der Waals surface area contributed by atoms with E-state index in [2.05, 4.69) is 29.7 Å². The summed E-state index contributed by atoms with van der Waals surface area (Å²) in [5.74, 6) is 0.936. The van der Waals surface area contributed by atoms with Gasteiger partial charge in [0, 0.05) is 31.9 Å². The number of aryl methyl sites for hydroxylation is 1. The molecule has 4 nitrogen and oxygen atoms in total. The van der Waals surface area contributed by atoms with E-state index in [1.165, 1.54) is 24.0 Å². The monoisotopic (exact) mass is 284 g/mol. The minimum absolute atomic E-state index is 0.847. The molecule has 0 N–H and O–H groups in total. The summed E-state index contributed by atoms with van der Waals surface area (Å²) in [4.78, 5) is 9.58. The van der Waals surface area contributed by atoms with Crippen molar-refractivity contribution < 1.29 is 0 Å². The molecule has 3 rings (SSSR count).